The molecule has 0 saturated carbocycles. The Labute approximate surface area is 343 Å². The molecule has 300 valence electrons. The average Bonchev–Trinajstić information content (AvgIpc) is 3.06. The van der Waals surface area contributed by atoms with Crippen molar-refractivity contribution in [1.82, 2.24) is 0 Å². The third kappa shape index (κ3) is 13.8. The van der Waals surface area contributed by atoms with E-state index >= 15 is 0 Å². The number of ether oxygens (including phenoxy) is 2. The molecule has 0 radical (unpaired) electrons. The van der Waals surface area contributed by atoms with Crippen LogP contribution >= 0.6 is 7.92 Å². The Morgan fingerprint density at radius 3 is 1.57 bits per heavy atom. The van der Waals surface area contributed by atoms with E-state index in [1.807, 2.05) is 51.6 Å². The van der Waals surface area contributed by atoms with Crippen LogP contribution in [0.15, 0.2) is 72.8 Å². The van der Waals surface area contributed by atoms with Crippen molar-refractivity contribution in [1.29, 1.82) is 0 Å². The number of methoxy groups -OCH3 is 2. The molecule has 0 aliphatic rings. The fraction of sp³-hybridized carbons (Fsp3) is 0.467. The molecule has 4 aromatic rings. The number of nitrogens with one attached hydrogen (secondary N) is 1. The van der Waals surface area contributed by atoms with Gasteiger partial charge >= 0.3 is 20.4 Å². The molecule has 4 rings (SSSR count). The van der Waals surface area contributed by atoms with Gasteiger partial charge in [-0.2, -0.15) is 8.42 Å². The van der Waals surface area contributed by atoms with Crippen LogP contribution in [0, 0.1) is 6.07 Å². The summed E-state index contributed by atoms with van der Waals surface area (Å²) in [4.78, 5) is 0. The van der Waals surface area contributed by atoms with Crippen molar-refractivity contribution >= 4 is 29.0 Å². The average molecular weight is 870 g/mol. The van der Waals surface area contributed by atoms with E-state index in [0.29, 0.717) is 24.0 Å². The van der Waals surface area contributed by atoms with Gasteiger partial charge in [-0.05, 0) is 105 Å². The maximum Gasteiger partial charge on any atom is 2.00 e. The normalized spacial score (nSPS) is 11.7. The van der Waals surface area contributed by atoms with Crippen LogP contribution < -0.4 is 20.1 Å². The van der Waals surface area contributed by atoms with Gasteiger partial charge in [0.15, 0.2) is 5.75 Å². The standard InChI is InChI=1S/C31H49O2P.C13H12N.CH4O3S.Pd/c1-19(2)22-17-23(20(3)4)27(24(18-22)21(5)6)28-25(32-13)15-16-26(33-14)29(28)34(30(7,8)9)31(10,11)12;1-14-13-10-6-5-9-12(13)11-7-3-2-4-8-11;1-5(2,3)4;/h15-21H,1-14H3;2-7,9-10,14H,1H3;1H3,(H,2,3,4);/q;-1;;+2/p+1. The first-order valence-corrected chi connectivity index (χ1v) is 21.8. The van der Waals surface area contributed by atoms with E-state index in [2.05, 4.69) is 137 Å². The van der Waals surface area contributed by atoms with E-state index in [1.54, 1.807) is 0 Å². The molecule has 0 aliphatic heterocycles. The predicted octanol–water partition coefficient (Wildman–Crippen LogP) is 11.9. The van der Waals surface area contributed by atoms with Crippen LogP contribution in [0.4, 0.5) is 5.69 Å². The van der Waals surface area contributed by atoms with Gasteiger partial charge in [-0.25, -0.2) is 0 Å². The molecule has 2 N–H and O–H groups in total. The predicted molar refractivity (Wildman–Crippen MR) is 232 cm³/mol. The quantitative estimate of drug-likeness (QED) is 0.0754. The zero-order valence-corrected chi connectivity index (χ0v) is 38.8. The Morgan fingerprint density at radius 1 is 0.722 bits per heavy atom. The summed E-state index contributed by atoms with van der Waals surface area (Å²) < 4.78 is 38.1. The Kier molecular flexibility index (Phi) is 19.2. The van der Waals surface area contributed by atoms with Gasteiger partial charge in [-0.3, -0.25) is 4.55 Å². The SMILES string of the molecule is CNc1ccccc1-c1[c-]cccc1.COc1ccc(OC)c([PH+](C(C)(C)C)C(C)(C)C)c1-c1c(C(C)C)cc(C(C)C)cc1C(C)C.CS(=O)(=O)O.[Pd+2]. The summed E-state index contributed by atoms with van der Waals surface area (Å²) in [7, 11) is 0.769. The second-order valence-corrected chi connectivity index (χ2v) is 22.2. The van der Waals surface area contributed by atoms with Crippen LogP contribution in [0.1, 0.15) is 118 Å². The number of anilines is 1. The van der Waals surface area contributed by atoms with Crippen LogP contribution in [0.5, 0.6) is 11.5 Å². The van der Waals surface area contributed by atoms with E-state index in [0.717, 1.165) is 22.7 Å². The molecule has 0 bridgehead atoms. The van der Waals surface area contributed by atoms with E-state index in [1.165, 1.54) is 38.7 Å². The summed E-state index contributed by atoms with van der Waals surface area (Å²) in [5.74, 6) is 3.23. The molecule has 0 aliphatic carbocycles. The number of hydrogen-bond acceptors (Lipinski definition) is 5. The fourth-order valence-electron chi connectivity index (χ4n) is 7.02. The molecule has 0 aromatic heterocycles. The Balaban J connectivity index is 0.000000596. The van der Waals surface area contributed by atoms with E-state index in [4.69, 9.17) is 14.0 Å². The summed E-state index contributed by atoms with van der Waals surface area (Å²) >= 11 is 0. The van der Waals surface area contributed by atoms with Crippen LogP contribution in [0.25, 0.3) is 22.3 Å². The van der Waals surface area contributed by atoms with Gasteiger partial charge in [0, 0.05) is 15.0 Å². The number of para-hydroxylation sites is 1. The van der Waals surface area contributed by atoms with Crippen molar-refractivity contribution in [2.24, 2.45) is 0 Å². The minimum absolute atomic E-state index is 0. The summed E-state index contributed by atoms with van der Waals surface area (Å²) in [6, 6.07) is 28.6. The second-order valence-electron chi connectivity index (χ2n) is 16.4. The molecule has 0 fully saturated rings. The minimum Gasteiger partial charge on any atom is -0.496 e. The number of benzene rings is 4. The van der Waals surface area contributed by atoms with Crippen molar-refractivity contribution < 1.29 is 42.9 Å². The molecule has 6 nitrogen and oxygen atoms in total. The topological polar surface area (TPSA) is 84.9 Å². The van der Waals surface area contributed by atoms with Crippen molar-refractivity contribution in [2.45, 2.75) is 111 Å². The molecule has 9 heteroatoms. The van der Waals surface area contributed by atoms with Gasteiger partial charge in [-0.15, -0.1) is 35.9 Å². The maximum atomic E-state index is 9.19. The third-order valence-corrected chi connectivity index (χ3v) is 12.9. The molecular formula is C45H66NO5PPdS+2. The van der Waals surface area contributed by atoms with E-state index in [9.17, 15) is 8.42 Å². The van der Waals surface area contributed by atoms with Gasteiger partial charge in [0.2, 0.25) is 0 Å². The molecule has 0 heterocycles. The molecule has 0 amide bonds. The third-order valence-electron chi connectivity index (χ3n) is 8.90. The molecule has 54 heavy (non-hydrogen) atoms. The van der Waals surface area contributed by atoms with Crippen LogP contribution in [-0.2, 0) is 30.5 Å². The smallest absolute Gasteiger partial charge is 0.496 e. The van der Waals surface area contributed by atoms with Gasteiger partial charge in [0.1, 0.15) is 11.1 Å². The summed E-state index contributed by atoms with van der Waals surface area (Å²) in [6.07, 6.45) is 0.715. The van der Waals surface area contributed by atoms with Crippen LogP contribution in [-0.4, -0.2) is 50.8 Å². The first-order chi connectivity index (χ1) is 24.5. The largest absolute Gasteiger partial charge is 2.00 e. The van der Waals surface area contributed by atoms with E-state index < -0.39 is 18.0 Å². The Bertz CT molecular complexity index is 1830. The Hall–Kier alpha value is -2.72. The van der Waals surface area contributed by atoms with Crippen molar-refractivity contribution in [3.05, 3.63) is 95.6 Å². The molecule has 0 unspecified atom stereocenters. The minimum atomic E-state index is -3.67. The van der Waals surface area contributed by atoms with Gasteiger partial charge in [-0.1, -0.05) is 77.4 Å². The van der Waals surface area contributed by atoms with E-state index in [-0.39, 0.29) is 30.7 Å². The van der Waals surface area contributed by atoms with Crippen molar-refractivity contribution in [3.63, 3.8) is 0 Å². The monoisotopic (exact) mass is 869 g/mol. The molecule has 4 aromatic carbocycles. The van der Waals surface area contributed by atoms with Crippen LogP contribution in [0.2, 0.25) is 0 Å². The zero-order valence-electron chi connectivity index (χ0n) is 35.5. The van der Waals surface area contributed by atoms with Crippen molar-refractivity contribution in [3.8, 4) is 33.8 Å². The maximum absolute atomic E-state index is 9.19. The first-order valence-electron chi connectivity index (χ1n) is 18.4. The first kappa shape index (κ1) is 49.3. The summed E-state index contributed by atoms with van der Waals surface area (Å²) in [6.45, 7) is 28.2. The number of rotatable bonds is 9. The molecule has 0 atom stereocenters. The fourth-order valence-corrected chi connectivity index (χ4v) is 11.7. The van der Waals surface area contributed by atoms with Gasteiger partial charge < -0.3 is 14.8 Å². The molecule has 0 spiro atoms. The number of hydrogen-bond donors (Lipinski definition) is 2. The molecular weight excluding hydrogens is 804 g/mol. The molecule has 0 saturated heterocycles. The summed E-state index contributed by atoms with van der Waals surface area (Å²) in [5.41, 5.74) is 10.3. The zero-order chi connectivity index (χ0) is 40.5. The second kappa shape index (κ2) is 21.0. The Morgan fingerprint density at radius 2 is 1.19 bits per heavy atom. The van der Waals surface area contributed by atoms with Crippen LogP contribution in [0.3, 0.4) is 0 Å². The van der Waals surface area contributed by atoms with Gasteiger partial charge in [0.05, 0.1) is 36.4 Å². The summed E-state index contributed by atoms with van der Waals surface area (Å²) in [5, 5.41) is 4.80. The van der Waals surface area contributed by atoms with Crippen molar-refractivity contribution in [2.75, 3.05) is 32.8 Å². The van der Waals surface area contributed by atoms with Gasteiger partial charge in [0.25, 0.3) is 10.1 Å².